The molecular weight excluding hydrogens is 351 g/mol. The number of nitrogens with zero attached hydrogens (tertiary/aromatic N) is 1. The summed E-state index contributed by atoms with van der Waals surface area (Å²) in [5, 5.41) is 9.32. The van der Waals surface area contributed by atoms with Crippen LogP contribution in [0.3, 0.4) is 0 Å². The Morgan fingerprint density at radius 3 is 2.42 bits per heavy atom. The number of hydrogen-bond acceptors (Lipinski definition) is 4. The molecule has 3 rings (SSSR count). The van der Waals surface area contributed by atoms with Crippen molar-refractivity contribution in [2.45, 2.75) is 13.0 Å². The van der Waals surface area contributed by atoms with E-state index in [0.717, 1.165) is 11.6 Å². The molecule has 1 heterocycles. The van der Waals surface area contributed by atoms with Crippen LogP contribution >= 0.6 is 0 Å². The molecule has 0 saturated carbocycles. The van der Waals surface area contributed by atoms with Crippen LogP contribution < -0.4 is 9.47 Å². The molecule has 0 aliphatic heterocycles. The number of ether oxygens (including phenoxy) is 2. The van der Waals surface area contributed by atoms with E-state index >= 15 is 0 Å². The van der Waals surface area contributed by atoms with Crippen molar-refractivity contribution in [3.63, 3.8) is 0 Å². The fraction of sp³-hybridized carbons (Fsp3) is 0.111. The van der Waals surface area contributed by atoms with Gasteiger partial charge in [0.2, 0.25) is 0 Å². The molecule has 0 atom stereocenters. The van der Waals surface area contributed by atoms with Crippen LogP contribution in [-0.4, -0.2) is 22.4 Å². The van der Waals surface area contributed by atoms with Gasteiger partial charge in [-0.05, 0) is 23.8 Å². The number of fused-ring (bicyclic) bond motifs is 1. The third-order valence-corrected chi connectivity index (χ3v) is 3.45. The molecule has 5 nitrogen and oxygen atoms in total. The number of carbonyl (C=O) groups is 1. The molecule has 2 aromatic carbocycles. The van der Waals surface area contributed by atoms with Crippen molar-refractivity contribution in [2.24, 2.45) is 0 Å². The lowest BCUT2D eigenvalue weighted by Gasteiger charge is -2.14. The number of pyridine rings is 1. The number of carboxylic acids is 1. The van der Waals surface area contributed by atoms with Crippen molar-refractivity contribution >= 4 is 16.9 Å². The van der Waals surface area contributed by atoms with E-state index in [1.807, 2.05) is 6.07 Å². The molecule has 0 aliphatic rings. The second-order valence-corrected chi connectivity index (χ2v) is 5.29. The van der Waals surface area contributed by atoms with Gasteiger partial charge in [0.25, 0.3) is 0 Å². The Hall–Kier alpha value is -3.29. The van der Waals surface area contributed by atoms with E-state index in [2.05, 4.69) is 9.72 Å². The van der Waals surface area contributed by atoms with Crippen molar-refractivity contribution in [2.75, 3.05) is 0 Å². The van der Waals surface area contributed by atoms with E-state index in [1.54, 1.807) is 24.3 Å². The maximum Gasteiger partial charge on any atom is 0.573 e. The standard InChI is InChI=1S/C18H12F3NO4/c19-18(20,21)26-14-8-4-7-13-12(14)9-15(16(22-13)17(23)24)25-10-11-5-2-1-3-6-11/h1-9H,10H2,(H,23,24). The number of aromatic carboxylic acids is 1. The van der Waals surface area contributed by atoms with Gasteiger partial charge in [-0.3, -0.25) is 0 Å². The molecule has 0 aliphatic carbocycles. The summed E-state index contributed by atoms with van der Waals surface area (Å²) in [7, 11) is 0. The third-order valence-electron chi connectivity index (χ3n) is 3.45. The molecule has 26 heavy (non-hydrogen) atoms. The zero-order chi connectivity index (χ0) is 18.7. The minimum Gasteiger partial charge on any atom is -0.486 e. The largest absolute Gasteiger partial charge is 0.573 e. The van der Waals surface area contributed by atoms with Crippen molar-refractivity contribution in [1.29, 1.82) is 0 Å². The summed E-state index contributed by atoms with van der Waals surface area (Å²) in [4.78, 5) is 15.3. The van der Waals surface area contributed by atoms with Gasteiger partial charge >= 0.3 is 12.3 Å². The number of benzene rings is 2. The highest BCUT2D eigenvalue weighted by Crippen LogP contribution is 2.33. The zero-order valence-electron chi connectivity index (χ0n) is 13.2. The van der Waals surface area contributed by atoms with Crippen LogP contribution in [0.2, 0.25) is 0 Å². The molecule has 0 unspecified atom stereocenters. The van der Waals surface area contributed by atoms with E-state index in [-0.39, 0.29) is 23.3 Å². The van der Waals surface area contributed by atoms with Crippen molar-refractivity contribution in [1.82, 2.24) is 4.98 Å². The maximum atomic E-state index is 12.6. The summed E-state index contributed by atoms with van der Waals surface area (Å²) in [5.74, 6) is -1.98. The van der Waals surface area contributed by atoms with E-state index in [9.17, 15) is 23.1 Å². The number of carboxylic acid groups (broad SMARTS) is 1. The predicted octanol–water partition coefficient (Wildman–Crippen LogP) is 4.41. The van der Waals surface area contributed by atoms with Gasteiger partial charge in [-0.25, -0.2) is 9.78 Å². The van der Waals surface area contributed by atoms with Gasteiger partial charge in [0.05, 0.1) is 5.52 Å². The maximum absolute atomic E-state index is 12.6. The van der Waals surface area contributed by atoms with Crippen LogP contribution in [0.15, 0.2) is 54.6 Å². The number of hydrogen-bond donors (Lipinski definition) is 1. The fourth-order valence-electron chi connectivity index (χ4n) is 2.36. The van der Waals surface area contributed by atoms with Crippen LogP contribution in [0.25, 0.3) is 10.9 Å². The monoisotopic (exact) mass is 363 g/mol. The highest BCUT2D eigenvalue weighted by Gasteiger charge is 2.32. The van der Waals surface area contributed by atoms with Gasteiger partial charge < -0.3 is 14.6 Å². The van der Waals surface area contributed by atoms with Crippen LogP contribution in [0.4, 0.5) is 13.2 Å². The molecule has 1 aromatic heterocycles. The average Bonchev–Trinajstić information content (AvgIpc) is 2.59. The first-order valence-corrected chi connectivity index (χ1v) is 7.43. The SMILES string of the molecule is O=C(O)c1nc2cccc(OC(F)(F)F)c2cc1OCc1ccccc1. The predicted molar refractivity (Wildman–Crippen MR) is 86.2 cm³/mol. The Morgan fingerprint density at radius 2 is 1.77 bits per heavy atom. The van der Waals surface area contributed by atoms with Crippen molar-refractivity contribution in [3.05, 3.63) is 65.9 Å². The Morgan fingerprint density at radius 1 is 1.04 bits per heavy atom. The summed E-state index contributed by atoms with van der Waals surface area (Å²) in [6.07, 6.45) is -4.88. The molecule has 0 amide bonds. The van der Waals surface area contributed by atoms with Crippen molar-refractivity contribution < 1.29 is 32.5 Å². The molecule has 3 aromatic rings. The first-order valence-electron chi connectivity index (χ1n) is 7.43. The molecule has 0 saturated heterocycles. The summed E-state index contributed by atoms with van der Waals surface area (Å²) in [6, 6.07) is 13.9. The molecule has 1 N–H and O–H groups in total. The lowest BCUT2D eigenvalue weighted by Crippen LogP contribution is -2.17. The van der Waals surface area contributed by atoms with Gasteiger partial charge in [0.1, 0.15) is 12.4 Å². The highest BCUT2D eigenvalue weighted by molar-refractivity contribution is 5.95. The van der Waals surface area contributed by atoms with E-state index in [0.29, 0.717) is 0 Å². The summed E-state index contributed by atoms with van der Waals surface area (Å²) in [5.41, 5.74) is 0.428. The van der Waals surface area contributed by atoms with Crippen LogP contribution in [0.5, 0.6) is 11.5 Å². The van der Waals surface area contributed by atoms with Gasteiger partial charge in [-0.2, -0.15) is 0 Å². The third kappa shape index (κ3) is 4.02. The van der Waals surface area contributed by atoms with Gasteiger partial charge in [-0.15, -0.1) is 13.2 Å². The summed E-state index contributed by atoms with van der Waals surface area (Å²) in [6.45, 7) is 0.0383. The van der Waals surface area contributed by atoms with E-state index < -0.39 is 23.8 Å². The molecular formula is C18H12F3NO4. The molecule has 0 bridgehead atoms. The molecule has 0 spiro atoms. The van der Waals surface area contributed by atoms with Crippen LogP contribution in [0, 0.1) is 0 Å². The highest BCUT2D eigenvalue weighted by atomic mass is 19.4. The quantitative estimate of drug-likeness (QED) is 0.727. The molecule has 134 valence electrons. The lowest BCUT2D eigenvalue weighted by molar-refractivity contribution is -0.274. The number of alkyl halides is 3. The second-order valence-electron chi connectivity index (χ2n) is 5.29. The van der Waals surface area contributed by atoms with Crippen molar-refractivity contribution in [3.8, 4) is 11.5 Å². The zero-order valence-corrected chi connectivity index (χ0v) is 13.2. The minimum absolute atomic E-state index is 0.00196. The van der Waals surface area contributed by atoms with Gasteiger partial charge in [0.15, 0.2) is 11.4 Å². The van der Waals surface area contributed by atoms with Crippen LogP contribution in [0.1, 0.15) is 16.1 Å². The molecule has 0 fully saturated rings. The molecule has 0 radical (unpaired) electrons. The van der Waals surface area contributed by atoms with Crippen LogP contribution in [-0.2, 0) is 6.61 Å². The summed E-state index contributed by atoms with van der Waals surface area (Å²) >= 11 is 0. The fourth-order valence-corrected chi connectivity index (χ4v) is 2.36. The van der Waals surface area contributed by atoms with E-state index in [1.165, 1.54) is 18.2 Å². The van der Waals surface area contributed by atoms with Gasteiger partial charge in [-0.1, -0.05) is 36.4 Å². The Kier molecular flexibility index (Phi) is 4.66. The summed E-state index contributed by atoms with van der Waals surface area (Å²) < 4.78 is 47.2. The lowest BCUT2D eigenvalue weighted by atomic mass is 10.1. The number of aromatic nitrogens is 1. The first-order chi connectivity index (χ1) is 12.3. The topological polar surface area (TPSA) is 68.7 Å². The first kappa shape index (κ1) is 17.5. The van der Waals surface area contributed by atoms with Gasteiger partial charge in [0, 0.05) is 5.39 Å². The minimum atomic E-state index is -4.88. The normalized spacial score (nSPS) is 11.3. The smallest absolute Gasteiger partial charge is 0.486 e. The number of halogens is 3. The second kappa shape index (κ2) is 6.91. The van der Waals surface area contributed by atoms with E-state index in [4.69, 9.17) is 4.74 Å². The number of rotatable bonds is 5. The molecule has 8 heteroatoms. The average molecular weight is 363 g/mol. The Bertz CT molecular complexity index is 942. The Labute approximate surface area is 145 Å². The Balaban J connectivity index is 2.03.